The maximum atomic E-state index is 12.5. The molecule has 0 radical (unpaired) electrons. The van der Waals surface area contributed by atoms with Gasteiger partial charge in [0, 0.05) is 7.05 Å². The average Bonchev–Trinajstić information content (AvgIpc) is 2.88. The number of para-hydroxylation sites is 1. The van der Waals surface area contributed by atoms with Crippen molar-refractivity contribution >= 4 is 27.5 Å². The van der Waals surface area contributed by atoms with Gasteiger partial charge in [-0.1, -0.05) is 12.1 Å². The Hall–Kier alpha value is -1.50. The first-order chi connectivity index (χ1) is 11.0. The highest BCUT2D eigenvalue weighted by Gasteiger charge is 2.28. The third-order valence-electron chi connectivity index (χ3n) is 4.15. The Morgan fingerprint density at radius 2 is 2.04 bits per heavy atom. The number of morpholine rings is 1. The number of likely N-dealkylation sites (N-methyl/N-ethyl adjacent to an activating group) is 1. The number of quaternary nitrogens is 1. The molecule has 3 rings (SSSR count). The first-order valence-electron chi connectivity index (χ1n) is 8.08. The van der Waals surface area contributed by atoms with Gasteiger partial charge in [0.15, 0.2) is 6.54 Å². The maximum absolute atomic E-state index is 12.5. The highest BCUT2D eigenvalue weighted by atomic mass is 32.1. The summed E-state index contributed by atoms with van der Waals surface area (Å²) >= 11 is 1.66. The summed E-state index contributed by atoms with van der Waals surface area (Å²) in [6.45, 7) is 7.04. The first kappa shape index (κ1) is 16.4. The summed E-state index contributed by atoms with van der Waals surface area (Å²) in [6, 6.07) is 8.09. The van der Waals surface area contributed by atoms with Gasteiger partial charge in [-0.15, -0.1) is 11.3 Å². The van der Waals surface area contributed by atoms with Crippen LogP contribution in [0.3, 0.4) is 0 Å². The first-order valence-corrected chi connectivity index (χ1v) is 8.90. The number of thiazole rings is 1. The number of hydrogen-bond acceptors (Lipinski definition) is 4. The van der Waals surface area contributed by atoms with E-state index in [1.807, 2.05) is 25.2 Å². The second-order valence-electron chi connectivity index (χ2n) is 6.42. The normalized spacial score (nSPS) is 24.7. The number of rotatable bonds is 4. The van der Waals surface area contributed by atoms with E-state index in [2.05, 4.69) is 24.9 Å². The molecule has 0 aliphatic carbocycles. The molecular weight excluding hydrogens is 310 g/mol. The molecule has 1 aromatic heterocycles. The van der Waals surface area contributed by atoms with Gasteiger partial charge < -0.3 is 14.5 Å². The van der Waals surface area contributed by atoms with Crippen LogP contribution in [0, 0.1) is 0 Å². The molecule has 2 aromatic rings. The Morgan fingerprint density at radius 3 is 2.74 bits per heavy atom. The van der Waals surface area contributed by atoms with Gasteiger partial charge in [0.25, 0.3) is 5.91 Å². The van der Waals surface area contributed by atoms with Gasteiger partial charge in [0.2, 0.25) is 0 Å². The van der Waals surface area contributed by atoms with Crippen LogP contribution in [-0.2, 0) is 16.1 Å². The number of amides is 1. The van der Waals surface area contributed by atoms with Crippen molar-refractivity contribution in [1.82, 2.24) is 9.88 Å². The van der Waals surface area contributed by atoms with Gasteiger partial charge in [-0.25, -0.2) is 4.98 Å². The second kappa shape index (κ2) is 6.95. The zero-order valence-corrected chi connectivity index (χ0v) is 14.7. The molecule has 6 heteroatoms. The lowest BCUT2D eigenvalue weighted by molar-refractivity contribution is -0.907. The van der Waals surface area contributed by atoms with Crippen molar-refractivity contribution in [2.75, 3.05) is 26.7 Å². The minimum Gasteiger partial charge on any atom is -0.364 e. The number of nitrogens with one attached hydrogen (secondary N) is 1. The fourth-order valence-electron chi connectivity index (χ4n) is 3.16. The molecule has 1 amide bonds. The molecule has 0 bridgehead atoms. The number of carbonyl (C=O) groups excluding carboxylic acids is 1. The lowest BCUT2D eigenvalue weighted by Crippen LogP contribution is -3.16. The van der Waals surface area contributed by atoms with Crippen LogP contribution in [0.1, 0.15) is 18.9 Å². The summed E-state index contributed by atoms with van der Waals surface area (Å²) in [5.41, 5.74) is 1.01. The molecule has 1 aromatic carbocycles. The van der Waals surface area contributed by atoms with Crippen LogP contribution < -0.4 is 4.90 Å². The van der Waals surface area contributed by atoms with Crippen LogP contribution in [0.4, 0.5) is 0 Å². The number of fused-ring (bicyclic) bond motifs is 1. The highest BCUT2D eigenvalue weighted by molar-refractivity contribution is 7.18. The van der Waals surface area contributed by atoms with Gasteiger partial charge in [0.1, 0.15) is 30.3 Å². The lowest BCUT2D eigenvalue weighted by Gasteiger charge is -2.32. The van der Waals surface area contributed by atoms with E-state index in [0.29, 0.717) is 13.1 Å². The minimum atomic E-state index is 0.167. The molecule has 23 heavy (non-hydrogen) atoms. The van der Waals surface area contributed by atoms with E-state index in [1.54, 1.807) is 16.2 Å². The summed E-state index contributed by atoms with van der Waals surface area (Å²) in [4.78, 5) is 20.2. The molecule has 0 saturated carbocycles. The summed E-state index contributed by atoms with van der Waals surface area (Å²) in [6.07, 6.45) is 0.437. The zero-order chi connectivity index (χ0) is 16.4. The van der Waals surface area contributed by atoms with Crippen molar-refractivity contribution < 1.29 is 14.4 Å². The van der Waals surface area contributed by atoms with Gasteiger partial charge in [-0.2, -0.15) is 0 Å². The van der Waals surface area contributed by atoms with Gasteiger partial charge >= 0.3 is 0 Å². The van der Waals surface area contributed by atoms with Gasteiger partial charge in [-0.3, -0.25) is 4.79 Å². The molecule has 5 nitrogen and oxygen atoms in total. The Labute approximate surface area is 140 Å². The maximum Gasteiger partial charge on any atom is 0.277 e. The van der Waals surface area contributed by atoms with Crippen LogP contribution in [0.5, 0.6) is 0 Å². The molecule has 0 unspecified atom stereocenters. The molecule has 1 fully saturated rings. The van der Waals surface area contributed by atoms with Crippen LogP contribution in [0.2, 0.25) is 0 Å². The van der Waals surface area contributed by atoms with E-state index in [4.69, 9.17) is 4.74 Å². The third-order valence-corrected chi connectivity index (χ3v) is 5.18. The SMILES string of the molecule is C[C@@H]1C[NH+](CC(=O)N(C)Cc2nc3ccccc3s2)C[C@@H](C)O1. The highest BCUT2D eigenvalue weighted by Crippen LogP contribution is 2.22. The number of benzene rings is 1. The van der Waals surface area contributed by atoms with Gasteiger partial charge in [-0.05, 0) is 26.0 Å². The monoisotopic (exact) mass is 334 g/mol. The van der Waals surface area contributed by atoms with E-state index in [-0.39, 0.29) is 18.1 Å². The number of nitrogens with zero attached hydrogens (tertiary/aromatic N) is 2. The molecule has 124 valence electrons. The van der Waals surface area contributed by atoms with Crippen LogP contribution in [-0.4, -0.2) is 54.7 Å². The van der Waals surface area contributed by atoms with Gasteiger partial charge in [0.05, 0.1) is 16.8 Å². The lowest BCUT2D eigenvalue weighted by atomic mass is 10.2. The van der Waals surface area contributed by atoms with Crippen LogP contribution >= 0.6 is 11.3 Å². The molecule has 1 aliphatic heterocycles. The smallest absolute Gasteiger partial charge is 0.277 e. The number of aromatic nitrogens is 1. The molecule has 1 N–H and O–H groups in total. The summed E-state index contributed by atoms with van der Waals surface area (Å²) in [5, 5.41) is 0.987. The Balaban J connectivity index is 1.58. The predicted octanol–water partition coefficient (Wildman–Crippen LogP) is 0.947. The van der Waals surface area contributed by atoms with Crippen molar-refractivity contribution in [3.05, 3.63) is 29.3 Å². The summed E-state index contributed by atoms with van der Waals surface area (Å²) in [7, 11) is 1.86. The third kappa shape index (κ3) is 4.07. The van der Waals surface area contributed by atoms with Crippen LogP contribution in [0.25, 0.3) is 10.2 Å². The second-order valence-corrected chi connectivity index (χ2v) is 7.53. The fraction of sp³-hybridized carbons (Fsp3) is 0.529. The van der Waals surface area contributed by atoms with E-state index < -0.39 is 0 Å². The average molecular weight is 334 g/mol. The molecule has 1 saturated heterocycles. The minimum absolute atomic E-state index is 0.167. The van der Waals surface area contributed by atoms with E-state index >= 15 is 0 Å². The van der Waals surface area contributed by atoms with Crippen molar-refractivity contribution in [2.24, 2.45) is 0 Å². The van der Waals surface area contributed by atoms with Crippen molar-refractivity contribution in [3.8, 4) is 0 Å². The van der Waals surface area contributed by atoms with Crippen molar-refractivity contribution in [3.63, 3.8) is 0 Å². The standard InChI is InChI=1S/C17H23N3O2S/c1-12-8-20(9-13(2)22-12)11-17(21)19(3)10-16-18-14-6-4-5-7-15(14)23-16/h4-7,12-13H,8-11H2,1-3H3/p+1/t12-,13-/m1/s1. The predicted molar refractivity (Wildman–Crippen MR) is 91.7 cm³/mol. The topological polar surface area (TPSA) is 46.9 Å². The molecule has 2 heterocycles. The van der Waals surface area contributed by atoms with E-state index in [9.17, 15) is 4.79 Å². The number of ether oxygens (including phenoxy) is 1. The molecule has 2 atom stereocenters. The Morgan fingerprint density at radius 1 is 1.35 bits per heavy atom. The summed E-state index contributed by atoms with van der Waals surface area (Å²) in [5.74, 6) is 0.167. The number of hydrogen-bond donors (Lipinski definition) is 1. The van der Waals surface area contributed by atoms with Crippen molar-refractivity contribution in [2.45, 2.75) is 32.6 Å². The van der Waals surface area contributed by atoms with E-state index in [1.165, 1.54) is 9.60 Å². The number of carbonyl (C=O) groups is 1. The Bertz CT molecular complexity index is 644. The summed E-state index contributed by atoms with van der Waals surface area (Å²) < 4.78 is 6.90. The Kier molecular flexibility index (Phi) is 4.94. The fourth-order valence-corrected chi connectivity index (χ4v) is 4.18. The zero-order valence-electron chi connectivity index (χ0n) is 13.9. The molecular formula is C17H24N3O2S+. The van der Waals surface area contributed by atoms with Crippen LogP contribution in [0.15, 0.2) is 24.3 Å². The molecule has 1 aliphatic rings. The largest absolute Gasteiger partial charge is 0.364 e. The van der Waals surface area contributed by atoms with Crippen molar-refractivity contribution in [1.29, 1.82) is 0 Å². The molecule has 0 spiro atoms. The quantitative estimate of drug-likeness (QED) is 0.905. The van der Waals surface area contributed by atoms with E-state index in [0.717, 1.165) is 23.6 Å².